The highest BCUT2D eigenvalue weighted by Crippen LogP contribution is 2.36. The number of hydrazone groups is 1. The number of thiocarbonyl (C=S) groups is 1. The summed E-state index contributed by atoms with van der Waals surface area (Å²) in [5.41, 5.74) is -0.218. The molecule has 1 saturated heterocycles. The highest BCUT2D eigenvalue weighted by atomic mass is 32.2. The van der Waals surface area contributed by atoms with Crippen molar-refractivity contribution in [3.63, 3.8) is 0 Å². The Morgan fingerprint density at radius 2 is 2.33 bits per heavy atom. The molecule has 1 N–H and O–H groups in total. The minimum atomic E-state index is -0.739. The molecule has 0 spiro atoms. The van der Waals surface area contributed by atoms with E-state index in [1.54, 1.807) is 0 Å². The molecule has 1 amide bonds. The first-order chi connectivity index (χ1) is 9.93. The fraction of sp³-hybridized carbons (Fsp3) is 0.182. The van der Waals surface area contributed by atoms with Gasteiger partial charge in [-0.1, -0.05) is 24.0 Å². The molecule has 0 saturated carbocycles. The summed E-state index contributed by atoms with van der Waals surface area (Å²) in [7, 11) is 1.27. The van der Waals surface area contributed by atoms with Crippen LogP contribution in [0.3, 0.4) is 0 Å². The van der Waals surface area contributed by atoms with E-state index in [1.807, 2.05) is 0 Å². The molecule has 0 atom stereocenters. The Morgan fingerprint density at radius 3 is 2.86 bits per heavy atom. The van der Waals surface area contributed by atoms with Gasteiger partial charge in [-0.05, 0) is 6.07 Å². The van der Waals surface area contributed by atoms with E-state index >= 15 is 0 Å². The van der Waals surface area contributed by atoms with Crippen LogP contribution >= 0.6 is 24.0 Å². The Balaban J connectivity index is 2.36. The van der Waals surface area contributed by atoms with Crippen molar-refractivity contribution in [2.24, 2.45) is 5.10 Å². The van der Waals surface area contributed by atoms with E-state index in [9.17, 15) is 20.0 Å². The van der Waals surface area contributed by atoms with Gasteiger partial charge < -0.3 is 9.84 Å². The number of aromatic hydroxyl groups is 1. The number of phenols is 1. The van der Waals surface area contributed by atoms with Crippen LogP contribution in [-0.2, 0) is 4.79 Å². The lowest BCUT2D eigenvalue weighted by molar-refractivity contribution is -0.386. The van der Waals surface area contributed by atoms with Crippen LogP contribution in [0.25, 0.3) is 0 Å². The summed E-state index contributed by atoms with van der Waals surface area (Å²) < 4.78 is 5.18. The lowest BCUT2D eigenvalue weighted by atomic mass is 10.2. The predicted octanol–water partition coefficient (Wildman–Crippen LogP) is 1.50. The van der Waals surface area contributed by atoms with Gasteiger partial charge in [0.2, 0.25) is 5.75 Å². The van der Waals surface area contributed by atoms with Crippen molar-refractivity contribution in [3.05, 3.63) is 27.8 Å². The first-order valence-electron chi connectivity index (χ1n) is 5.53. The van der Waals surface area contributed by atoms with E-state index < -0.39 is 16.4 Å². The third-order valence-electron chi connectivity index (χ3n) is 2.54. The third kappa shape index (κ3) is 3.11. The van der Waals surface area contributed by atoms with Gasteiger partial charge in [-0.15, -0.1) is 0 Å². The number of nitro benzene ring substituents is 1. The Hall–Kier alpha value is -2.20. The van der Waals surface area contributed by atoms with Crippen molar-refractivity contribution in [2.45, 2.75) is 0 Å². The number of carbonyl (C=O) groups is 1. The largest absolute Gasteiger partial charge is 0.500 e. The van der Waals surface area contributed by atoms with Gasteiger partial charge in [-0.3, -0.25) is 14.9 Å². The van der Waals surface area contributed by atoms with Crippen molar-refractivity contribution in [1.82, 2.24) is 5.01 Å². The highest BCUT2D eigenvalue weighted by Gasteiger charge is 2.26. The number of nitro groups is 1. The molecule has 8 nitrogen and oxygen atoms in total. The van der Waals surface area contributed by atoms with E-state index in [0.29, 0.717) is 9.88 Å². The second kappa shape index (κ2) is 6.06. The summed E-state index contributed by atoms with van der Waals surface area (Å²) in [5, 5.41) is 25.5. The molecule has 21 heavy (non-hydrogen) atoms. The molecule has 1 fully saturated rings. The number of ether oxygens (including phenoxy) is 1. The van der Waals surface area contributed by atoms with Gasteiger partial charge in [0, 0.05) is 11.6 Å². The van der Waals surface area contributed by atoms with E-state index in [4.69, 9.17) is 17.0 Å². The van der Waals surface area contributed by atoms with Crippen molar-refractivity contribution in [2.75, 3.05) is 12.9 Å². The molecule has 2 rings (SSSR count). The van der Waals surface area contributed by atoms with Gasteiger partial charge in [0.05, 0.1) is 24.0 Å². The number of thioether (sulfide) groups is 1. The number of hydrogen-bond acceptors (Lipinski definition) is 8. The Bertz CT molecular complexity index is 646. The second-order valence-electron chi connectivity index (χ2n) is 3.85. The Labute approximate surface area is 128 Å². The quantitative estimate of drug-likeness (QED) is 0.386. The van der Waals surface area contributed by atoms with E-state index in [-0.39, 0.29) is 17.4 Å². The van der Waals surface area contributed by atoms with Crippen molar-refractivity contribution in [1.29, 1.82) is 0 Å². The molecule has 0 aromatic heterocycles. The average Bonchev–Trinajstić information content (AvgIpc) is 2.76. The number of benzene rings is 1. The van der Waals surface area contributed by atoms with Gasteiger partial charge in [-0.25, -0.2) is 0 Å². The fourth-order valence-corrected chi connectivity index (χ4v) is 2.53. The van der Waals surface area contributed by atoms with Crippen LogP contribution in [0.1, 0.15) is 5.56 Å². The molecule has 0 radical (unpaired) electrons. The van der Waals surface area contributed by atoms with Crippen LogP contribution in [0, 0.1) is 10.1 Å². The molecule has 0 aliphatic carbocycles. The maximum Gasteiger partial charge on any atom is 0.315 e. The number of phenolic OH excluding ortho intramolecular Hbond substituents is 1. The van der Waals surface area contributed by atoms with E-state index in [1.165, 1.54) is 31.2 Å². The van der Waals surface area contributed by atoms with Gasteiger partial charge in [-0.2, -0.15) is 10.1 Å². The topological polar surface area (TPSA) is 105 Å². The molecule has 110 valence electrons. The minimum absolute atomic E-state index is 0.0599. The van der Waals surface area contributed by atoms with Crippen LogP contribution in [0.2, 0.25) is 0 Å². The summed E-state index contributed by atoms with van der Waals surface area (Å²) in [6, 6.07) is 2.49. The van der Waals surface area contributed by atoms with Crippen molar-refractivity contribution >= 4 is 46.1 Å². The maximum atomic E-state index is 11.5. The first-order valence-corrected chi connectivity index (χ1v) is 6.92. The molecule has 1 aliphatic rings. The summed E-state index contributed by atoms with van der Waals surface area (Å²) in [5.74, 6) is -0.672. The first kappa shape index (κ1) is 15.2. The number of rotatable bonds is 4. The van der Waals surface area contributed by atoms with Gasteiger partial charge in [0.25, 0.3) is 5.91 Å². The minimum Gasteiger partial charge on any atom is -0.500 e. The van der Waals surface area contributed by atoms with Crippen molar-refractivity contribution < 1.29 is 19.6 Å². The molecule has 0 unspecified atom stereocenters. The van der Waals surface area contributed by atoms with Crippen LogP contribution in [0.15, 0.2) is 17.2 Å². The zero-order chi connectivity index (χ0) is 15.6. The Kier molecular flexibility index (Phi) is 4.38. The monoisotopic (exact) mass is 327 g/mol. The van der Waals surface area contributed by atoms with Crippen molar-refractivity contribution in [3.8, 4) is 11.5 Å². The summed E-state index contributed by atoms with van der Waals surface area (Å²) >= 11 is 6.14. The van der Waals surface area contributed by atoms with E-state index in [0.717, 1.165) is 11.1 Å². The molecular formula is C11H9N3O5S2. The molecule has 1 aliphatic heterocycles. The van der Waals surface area contributed by atoms with Crippen LogP contribution < -0.4 is 4.74 Å². The summed E-state index contributed by atoms with van der Waals surface area (Å²) in [6.45, 7) is 0. The average molecular weight is 327 g/mol. The molecular weight excluding hydrogens is 318 g/mol. The number of nitrogens with zero attached hydrogens (tertiary/aromatic N) is 3. The number of hydrogen-bond donors (Lipinski definition) is 1. The van der Waals surface area contributed by atoms with E-state index in [2.05, 4.69) is 5.10 Å². The predicted molar refractivity (Wildman–Crippen MR) is 80.8 cm³/mol. The highest BCUT2D eigenvalue weighted by molar-refractivity contribution is 8.23. The summed E-state index contributed by atoms with van der Waals surface area (Å²) in [4.78, 5) is 21.6. The Morgan fingerprint density at radius 1 is 1.62 bits per heavy atom. The van der Waals surface area contributed by atoms with Crippen LogP contribution in [-0.4, -0.2) is 44.3 Å². The molecule has 1 aromatic rings. The molecule has 0 bridgehead atoms. The zero-order valence-electron chi connectivity index (χ0n) is 10.7. The van der Waals surface area contributed by atoms with Crippen LogP contribution in [0.4, 0.5) is 5.69 Å². The van der Waals surface area contributed by atoms with Crippen LogP contribution in [0.5, 0.6) is 11.5 Å². The molecule has 10 heteroatoms. The maximum absolute atomic E-state index is 11.5. The standard InChI is InChI=1S/C11H9N3O5S2/c1-19-8-3-6(2-7(10(8)16)14(17)18)4-12-13-9(15)5-21-11(13)20/h2-4,16H,5H2,1H3/b12-4+. The second-order valence-corrected chi connectivity index (χ2v) is 5.46. The lowest BCUT2D eigenvalue weighted by Gasteiger charge is -2.07. The van der Waals surface area contributed by atoms with Gasteiger partial charge >= 0.3 is 5.69 Å². The van der Waals surface area contributed by atoms with Gasteiger partial charge in [0.15, 0.2) is 10.1 Å². The SMILES string of the molecule is COc1cc(/C=N/N2C(=O)CSC2=S)cc([N+](=O)[O-])c1O. The molecule has 1 aromatic carbocycles. The summed E-state index contributed by atoms with van der Waals surface area (Å²) in [6.07, 6.45) is 1.24. The number of methoxy groups -OCH3 is 1. The zero-order valence-corrected chi connectivity index (χ0v) is 12.3. The van der Waals surface area contributed by atoms with Gasteiger partial charge in [0.1, 0.15) is 0 Å². The smallest absolute Gasteiger partial charge is 0.315 e. The number of amides is 1. The third-order valence-corrected chi connectivity index (χ3v) is 3.88. The molecule has 1 heterocycles. The number of carbonyl (C=O) groups excluding carboxylic acids is 1. The normalized spacial score (nSPS) is 15.0. The lowest BCUT2D eigenvalue weighted by Crippen LogP contribution is -2.22. The fourth-order valence-electron chi connectivity index (χ4n) is 1.57.